The number of hydrogen-bond donors (Lipinski definition) is 1. The number of sulfonamides is 1. The van der Waals surface area contributed by atoms with Crippen LogP contribution in [-0.4, -0.2) is 19.4 Å². The van der Waals surface area contributed by atoms with Crippen molar-refractivity contribution in [3.8, 4) is 6.07 Å². The van der Waals surface area contributed by atoms with Crippen molar-refractivity contribution in [1.82, 2.24) is 4.72 Å². The number of nitrogens with zero attached hydrogens (tertiary/aromatic N) is 2. The van der Waals surface area contributed by atoms with Crippen LogP contribution in [0.2, 0.25) is 0 Å². The van der Waals surface area contributed by atoms with Gasteiger partial charge in [0.1, 0.15) is 6.04 Å². The molecule has 0 radical (unpaired) electrons. The minimum atomic E-state index is -3.96. The molecule has 1 aliphatic rings. The van der Waals surface area contributed by atoms with E-state index in [0.717, 1.165) is 18.9 Å². The van der Waals surface area contributed by atoms with Gasteiger partial charge in [-0.15, -0.1) is 0 Å². The van der Waals surface area contributed by atoms with Gasteiger partial charge in [-0.1, -0.05) is 0 Å². The Morgan fingerprint density at radius 3 is 2.52 bits per heavy atom. The second kappa shape index (κ2) is 5.42. The van der Waals surface area contributed by atoms with Gasteiger partial charge in [-0.2, -0.15) is 9.98 Å². The molecule has 1 fully saturated rings. The molecule has 1 aromatic rings. The van der Waals surface area contributed by atoms with Gasteiger partial charge in [-0.3, -0.25) is 10.1 Å². The lowest BCUT2D eigenvalue weighted by Gasteiger charge is -2.14. The molecule has 0 spiro atoms. The van der Waals surface area contributed by atoms with Gasteiger partial charge in [-0.25, -0.2) is 8.42 Å². The Balaban J connectivity index is 2.44. The number of nitrogens with one attached hydrogen (secondary N) is 1. The van der Waals surface area contributed by atoms with Gasteiger partial charge in [0.15, 0.2) is 0 Å². The Morgan fingerprint density at radius 1 is 1.43 bits per heavy atom. The molecule has 1 aromatic carbocycles. The van der Waals surface area contributed by atoms with E-state index in [0.29, 0.717) is 11.1 Å². The highest BCUT2D eigenvalue weighted by Gasteiger charge is 2.35. The molecule has 7 nitrogen and oxygen atoms in total. The fourth-order valence-corrected chi connectivity index (χ4v) is 3.63. The van der Waals surface area contributed by atoms with Gasteiger partial charge in [-0.05, 0) is 43.7 Å². The van der Waals surface area contributed by atoms with E-state index in [-0.39, 0.29) is 16.5 Å². The standard InChI is InChI=1S/C13H15N3O4S/c1-8-5-11(16(17)18)6-13(9(8)2)21(19,20)15-12(7-14)10-3-4-10/h5-6,10,12,15H,3-4H2,1-2H3. The van der Waals surface area contributed by atoms with Crippen molar-refractivity contribution in [3.63, 3.8) is 0 Å². The summed E-state index contributed by atoms with van der Waals surface area (Å²) in [5.74, 6) is 0.0323. The van der Waals surface area contributed by atoms with Gasteiger partial charge < -0.3 is 0 Å². The van der Waals surface area contributed by atoms with Crippen LogP contribution < -0.4 is 4.72 Å². The average molecular weight is 309 g/mol. The maximum Gasteiger partial charge on any atom is 0.271 e. The second-order valence-electron chi connectivity index (χ2n) is 5.21. The van der Waals surface area contributed by atoms with Crippen LogP contribution in [0.4, 0.5) is 5.69 Å². The van der Waals surface area contributed by atoms with E-state index in [1.54, 1.807) is 13.8 Å². The van der Waals surface area contributed by atoms with Gasteiger partial charge in [0, 0.05) is 12.1 Å². The Kier molecular flexibility index (Phi) is 3.98. The summed E-state index contributed by atoms with van der Waals surface area (Å²) in [6, 6.07) is 3.52. The van der Waals surface area contributed by atoms with Crippen LogP contribution in [0.1, 0.15) is 24.0 Å². The van der Waals surface area contributed by atoms with Crippen LogP contribution in [0, 0.1) is 41.2 Å². The molecule has 2 rings (SSSR count). The number of non-ortho nitro benzene ring substituents is 1. The smallest absolute Gasteiger partial charge is 0.258 e. The van der Waals surface area contributed by atoms with Crippen LogP contribution in [0.15, 0.2) is 17.0 Å². The Hall–Kier alpha value is -1.98. The van der Waals surface area contributed by atoms with Crippen molar-refractivity contribution in [1.29, 1.82) is 5.26 Å². The molecule has 1 unspecified atom stereocenters. The number of nitro groups is 1. The highest BCUT2D eigenvalue weighted by Crippen LogP contribution is 2.33. The van der Waals surface area contributed by atoms with Gasteiger partial charge >= 0.3 is 0 Å². The lowest BCUT2D eigenvalue weighted by Crippen LogP contribution is -2.35. The summed E-state index contributed by atoms with van der Waals surface area (Å²) < 4.78 is 27.1. The monoisotopic (exact) mass is 309 g/mol. The van der Waals surface area contributed by atoms with Gasteiger partial charge in [0.25, 0.3) is 5.69 Å². The first-order valence-electron chi connectivity index (χ1n) is 6.44. The van der Waals surface area contributed by atoms with Crippen LogP contribution in [0.25, 0.3) is 0 Å². The lowest BCUT2D eigenvalue weighted by molar-refractivity contribution is -0.385. The third kappa shape index (κ3) is 3.20. The third-order valence-corrected chi connectivity index (χ3v) is 5.19. The van der Waals surface area contributed by atoms with Crippen LogP contribution in [0.3, 0.4) is 0 Å². The predicted octanol–water partition coefficient (Wildman–Crippen LogP) is 1.79. The summed E-state index contributed by atoms with van der Waals surface area (Å²) in [5.41, 5.74) is 0.684. The van der Waals surface area contributed by atoms with E-state index in [2.05, 4.69) is 4.72 Å². The average Bonchev–Trinajstić information content (AvgIpc) is 3.22. The minimum absolute atomic E-state index is 0.0323. The highest BCUT2D eigenvalue weighted by atomic mass is 32.2. The van der Waals surface area contributed by atoms with E-state index in [4.69, 9.17) is 5.26 Å². The molecule has 1 atom stereocenters. The maximum absolute atomic E-state index is 12.4. The Morgan fingerprint density at radius 2 is 2.05 bits per heavy atom. The normalized spacial score (nSPS) is 16.2. The first-order chi connectivity index (χ1) is 9.76. The minimum Gasteiger partial charge on any atom is -0.258 e. The van der Waals surface area contributed by atoms with Gasteiger partial charge in [0.2, 0.25) is 10.0 Å². The number of aryl methyl sites for hydroxylation is 1. The molecule has 1 aliphatic carbocycles. The van der Waals surface area contributed by atoms with Crippen molar-refractivity contribution in [3.05, 3.63) is 33.4 Å². The lowest BCUT2D eigenvalue weighted by atomic mass is 10.1. The molecular formula is C13H15N3O4S. The maximum atomic E-state index is 12.4. The Labute approximate surface area is 122 Å². The largest absolute Gasteiger partial charge is 0.271 e. The van der Waals surface area contributed by atoms with E-state index < -0.39 is 21.0 Å². The molecule has 21 heavy (non-hydrogen) atoms. The van der Waals surface area contributed by atoms with E-state index in [9.17, 15) is 18.5 Å². The van der Waals surface area contributed by atoms with Crippen molar-refractivity contribution in [2.75, 3.05) is 0 Å². The molecule has 0 amide bonds. The topological polar surface area (TPSA) is 113 Å². The van der Waals surface area contributed by atoms with E-state index in [1.165, 1.54) is 6.07 Å². The summed E-state index contributed by atoms with van der Waals surface area (Å²) in [6.07, 6.45) is 1.63. The van der Waals surface area contributed by atoms with E-state index in [1.807, 2.05) is 6.07 Å². The third-order valence-electron chi connectivity index (χ3n) is 3.62. The highest BCUT2D eigenvalue weighted by molar-refractivity contribution is 7.89. The summed E-state index contributed by atoms with van der Waals surface area (Å²) >= 11 is 0. The zero-order chi connectivity index (χ0) is 15.8. The molecule has 112 valence electrons. The summed E-state index contributed by atoms with van der Waals surface area (Å²) in [4.78, 5) is 10.1. The molecule has 0 bridgehead atoms. The zero-order valence-corrected chi connectivity index (χ0v) is 12.5. The first-order valence-corrected chi connectivity index (χ1v) is 7.92. The van der Waals surface area contributed by atoms with Crippen LogP contribution in [0.5, 0.6) is 0 Å². The van der Waals surface area contributed by atoms with Crippen molar-refractivity contribution in [2.45, 2.75) is 37.6 Å². The molecule has 0 aliphatic heterocycles. The fourth-order valence-electron chi connectivity index (χ4n) is 2.08. The molecule has 0 aromatic heterocycles. The number of benzene rings is 1. The van der Waals surface area contributed by atoms with Crippen molar-refractivity contribution < 1.29 is 13.3 Å². The number of hydrogen-bond acceptors (Lipinski definition) is 5. The zero-order valence-electron chi connectivity index (χ0n) is 11.7. The quantitative estimate of drug-likeness (QED) is 0.658. The number of nitriles is 1. The molecule has 0 heterocycles. The number of nitro benzene ring substituents is 1. The van der Waals surface area contributed by atoms with Crippen molar-refractivity contribution >= 4 is 15.7 Å². The Bertz CT molecular complexity index is 733. The van der Waals surface area contributed by atoms with E-state index >= 15 is 0 Å². The first kappa shape index (κ1) is 15.4. The van der Waals surface area contributed by atoms with Crippen LogP contribution >= 0.6 is 0 Å². The summed E-state index contributed by atoms with van der Waals surface area (Å²) in [5, 5.41) is 19.9. The molecule has 1 saturated carbocycles. The van der Waals surface area contributed by atoms with Crippen molar-refractivity contribution in [2.24, 2.45) is 5.92 Å². The fraction of sp³-hybridized carbons (Fsp3) is 0.462. The number of rotatable bonds is 5. The molecule has 1 N–H and O–H groups in total. The predicted molar refractivity (Wildman–Crippen MR) is 75.0 cm³/mol. The van der Waals surface area contributed by atoms with Crippen LogP contribution in [-0.2, 0) is 10.0 Å². The molecule has 8 heteroatoms. The van der Waals surface area contributed by atoms with Gasteiger partial charge in [0.05, 0.1) is 15.9 Å². The second-order valence-corrected chi connectivity index (χ2v) is 6.89. The molecule has 0 saturated heterocycles. The summed E-state index contributed by atoms with van der Waals surface area (Å²) in [6.45, 7) is 3.20. The summed E-state index contributed by atoms with van der Waals surface area (Å²) in [7, 11) is -3.96. The molecular weight excluding hydrogens is 294 g/mol. The SMILES string of the molecule is Cc1cc([N+](=O)[O-])cc(S(=O)(=O)NC(C#N)C2CC2)c1C.